The van der Waals surface area contributed by atoms with Gasteiger partial charge in [-0.3, -0.25) is 14.3 Å². The van der Waals surface area contributed by atoms with E-state index in [0.29, 0.717) is 60.2 Å². The molecule has 0 radical (unpaired) electrons. The van der Waals surface area contributed by atoms with Crippen LogP contribution in [0.15, 0.2) is 65.1 Å². The van der Waals surface area contributed by atoms with Crippen molar-refractivity contribution in [1.29, 1.82) is 5.26 Å². The maximum absolute atomic E-state index is 12.9. The Morgan fingerprint density at radius 1 is 1.09 bits per heavy atom. The maximum atomic E-state index is 12.9. The minimum absolute atomic E-state index is 0.174. The second-order valence-electron chi connectivity index (χ2n) is 8.05. The summed E-state index contributed by atoms with van der Waals surface area (Å²) >= 11 is 5.96. The summed E-state index contributed by atoms with van der Waals surface area (Å²) in [4.78, 5) is 19.6. The van der Waals surface area contributed by atoms with Crippen LogP contribution in [0.3, 0.4) is 0 Å². The first kappa shape index (κ1) is 21.8. The highest BCUT2D eigenvalue weighted by Gasteiger charge is 2.34. The molecule has 0 N–H and O–H groups in total. The zero-order chi connectivity index (χ0) is 23.2. The van der Waals surface area contributed by atoms with Gasteiger partial charge >= 0.3 is 0 Å². The largest absolute Gasteiger partial charge is 0.297 e. The highest BCUT2D eigenvalue weighted by atomic mass is 35.5. The van der Waals surface area contributed by atoms with Gasteiger partial charge in [0.05, 0.1) is 22.0 Å². The summed E-state index contributed by atoms with van der Waals surface area (Å²) < 4.78 is 28.8. The highest BCUT2D eigenvalue weighted by Crippen LogP contribution is 2.32. The number of para-hydroxylation sites is 2. The lowest BCUT2D eigenvalue weighted by atomic mass is 9.95. The second kappa shape index (κ2) is 8.39. The van der Waals surface area contributed by atoms with Gasteiger partial charge in [-0.25, -0.2) is 13.4 Å². The first-order chi connectivity index (χ1) is 15.9. The Bertz CT molecular complexity index is 1430. The highest BCUT2D eigenvalue weighted by molar-refractivity contribution is 7.89. The number of aromatic nitrogens is 2. The second-order valence-corrected chi connectivity index (χ2v) is 10.4. The van der Waals surface area contributed by atoms with E-state index in [1.54, 1.807) is 12.1 Å². The summed E-state index contributed by atoms with van der Waals surface area (Å²) in [6.07, 6.45) is 1.52. The summed E-state index contributed by atoms with van der Waals surface area (Å²) in [7, 11) is -3.63. The fourth-order valence-electron chi connectivity index (χ4n) is 4.38. The van der Waals surface area contributed by atoms with Crippen LogP contribution in [-0.2, 0) is 10.0 Å². The number of piperazine rings is 1. The zero-order valence-electron chi connectivity index (χ0n) is 17.6. The molecule has 0 saturated carbocycles. The molecule has 33 heavy (non-hydrogen) atoms. The van der Waals surface area contributed by atoms with E-state index in [2.05, 4.69) is 16.0 Å². The van der Waals surface area contributed by atoms with Crippen LogP contribution in [0.5, 0.6) is 0 Å². The van der Waals surface area contributed by atoms with Gasteiger partial charge in [-0.05, 0) is 35.9 Å². The van der Waals surface area contributed by atoms with Gasteiger partial charge in [-0.15, -0.1) is 0 Å². The van der Waals surface area contributed by atoms with Gasteiger partial charge in [0, 0.05) is 43.8 Å². The standard InChI is InChI=1S/C23H20ClN5O3S/c24-17-4-3-5-18(13-17)33(31,32)28-10-8-27(9-11-28)15-16-12-22(30)29-21-7-2-1-6-20(21)26-23(29)19(16)14-25/h1-7,12-13,19H,8-11,15H2. The number of allylic oxidation sites excluding steroid dienone is 1. The van der Waals surface area contributed by atoms with Gasteiger partial charge in [0.25, 0.3) is 5.91 Å². The number of halogens is 1. The Morgan fingerprint density at radius 2 is 1.85 bits per heavy atom. The smallest absolute Gasteiger partial charge is 0.256 e. The quantitative estimate of drug-likeness (QED) is 0.568. The predicted octanol–water partition coefficient (Wildman–Crippen LogP) is 2.88. The van der Waals surface area contributed by atoms with Crippen molar-refractivity contribution in [3.63, 3.8) is 0 Å². The molecule has 3 aromatic rings. The van der Waals surface area contributed by atoms with Crippen molar-refractivity contribution in [2.24, 2.45) is 0 Å². The van der Waals surface area contributed by atoms with Crippen molar-refractivity contribution in [3.8, 4) is 6.07 Å². The molecule has 3 heterocycles. The van der Waals surface area contributed by atoms with Crippen LogP contribution in [0, 0.1) is 11.3 Å². The normalized spacial score (nSPS) is 19.8. The van der Waals surface area contributed by atoms with Crippen LogP contribution in [0.2, 0.25) is 5.02 Å². The van der Waals surface area contributed by atoms with Crippen LogP contribution >= 0.6 is 11.6 Å². The monoisotopic (exact) mass is 481 g/mol. The number of benzene rings is 2. The van der Waals surface area contributed by atoms with E-state index in [-0.39, 0.29) is 10.8 Å². The van der Waals surface area contributed by atoms with Crippen molar-refractivity contribution in [2.75, 3.05) is 32.7 Å². The molecule has 1 fully saturated rings. The lowest BCUT2D eigenvalue weighted by Crippen LogP contribution is -2.49. The van der Waals surface area contributed by atoms with E-state index in [0.717, 1.165) is 0 Å². The lowest BCUT2D eigenvalue weighted by Gasteiger charge is -2.35. The van der Waals surface area contributed by atoms with Crippen molar-refractivity contribution >= 4 is 38.6 Å². The van der Waals surface area contributed by atoms with E-state index < -0.39 is 15.9 Å². The molecule has 1 unspecified atom stereocenters. The van der Waals surface area contributed by atoms with Crippen LogP contribution in [0.25, 0.3) is 11.0 Å². The summed E-state index contributed by atoms with van der Waals surface area (Å²) in [6, 6.07) is 15.9. The SMILES string of the molecule is N#CC1C(CN2CCN(S(=O)(=O)c3cccc(Cl)c3)CC2)=CC(=O)n2c1nc1ccccc12. The van der Waals surface area contributed by atoms with Gasteiger partial charge in [0.1, 0.15) is 11.7 Å². The Balaban J connectivity index is 1.32. The summed E-state index contributed by atoms with van der Waals surface area (Å²) in [5, 5.41) is 10.2. The third-order valence-electron chi connectivity index (χ3n) is 6.05. The van der Waals surface area contributed by atoms with Gasteiger partial charge in [-0.1, -0.05) is 29.8 Å². The molecule has 1 saturated heterocycles. The van der Waals surface area contributed by atoms with Crippen molar-refractivity contribution in [1.82, 2.24) is 18.8 Å². The molecule has 0 bridgehead atoms. The Hall–Kier alpha value is -3.03. The number of carbonyl (C=O) groups excluding carboxylic acids is 1. The molecule has 0 amide bonds. The van der Waals surface area contributed by atoms with Crippen LogP contribution < -0.4 is 0 Å². The van der Waals surface area contributed by atoms with Crippen LogP contribution in [0.4, 0.5) is 0 Å². The number of nitrogens with zero attached hydrogens (tertiary/aromatic N) is 5. The van der Waals surface area contributed by atoms with Gasteiger partial charge < -0.3 is 0 Å². The number of rotatable bonds is 4. The summed E-state index contributed by atoms with van der Waals surface area (Å²) in [6.45, 7) is 2.00. The number of hydrogen-bond acceptors (Lipinski definition) is 6. The lowest BCUT2D eigenvalue weighted by molar-refractivity contribution is 0.0962. The zero-order valence-corrected chi connectivity index (χ0v) is 19.1. The van der Waals surface area contributed by atoms with E-state index >= 15 is 0 Å². The maximum Gasteiger partial charge on any atom is 0.256 e. The van der Waals surface area contributed by atoms with E-state index in [1.165, 1.54) is 27.1 Å². The Kier molecular flexibility index (Phi) is 5.54. The first-order valence-corrected chi connectivity index (χ1v) is 12.3. The van der Waals surface area contributed by atoms with Gasteiger partial charge in [0.15, 0.2) is 0 Å². The van der Waals surface area contributed by atoms with E-state index in [9.17, 15) is 18.5 Å². The number of fused-ring (bicyclic) bond motifs is 3. The fourth-order valence-corrected chi connectivity index (χ4v) is 6.11. The molecule has 1 aromatic heterocycles. The van der Waals surface area contributed by atoms with Crippen molar-refractivity contribution in [2.45, 2.75) is 10.8 Å². The molecule has 2 aromatic carbocycles. The van der Waals surface area contributed by atoms with Crippen LogP contribution in [-0.4, -0.2) is 65.8 Å². The number of nitriles is 1. The molecule has 2 aliphatic rings. The molecular formula is C23H20ClN5O3S. The topological polar surface area (TPSA) is 99.3 Å². The average molecular weight is 482 g/mol. The summed E-state index contributed by atoms with van der Waals surface area (Å²) in [5.41, 5.74) is 2.04. The summed E-state index contributed by atoms with van der Waals surface area (Å²) in [5.74, 6) is -0.422. The molecular weight excluding hydrogens is 462 g/mol. The first-order valence-electron chi connectivity index (χ1n) is 10.5. The molecule has 0 aliphatic carbocycles. The number of carbonyl (C=O) groups is 1. The minimum atomic E-state index is -3.63. The fraction of sp³-hybridized carbons (Fsp3) is 0.261. The third-order valence-corrected chi connectivity index (χ3v) is 8.18. The predicted molar refractivity (Wildman–Crippen MR) is 123 cm³/mol. The van der Waals surface area contributed by atoms with E-state index in [4.69, 9.17) is 11.6 Å². The molecule has 168 valence electrons. The third kappa shape index (κ3) is 3.85. The van der Waals surface area contributed by atoms with Crippen LogP contribution in [0.1, 0.15) is 16.5 Å². The number of imidazole rings is 1. The molecule has 5 rings (SSSR count). The minimum Gasteiger partial charge on any atom is -0.297 e. The van der Waals surface area contributed by atoms with E-state index in [1.807, 2.05) is 24.3 Å². The van der Waals surface area contributed by atoms with Crippen molar-refractivity contribution < 1.29 is 13.2 Å². The van der Waals surface area contributed by atoms with Gasteiger partial charge in [0.2, 0.25) is 10.0 Å². The van der Waals surface area contributed by atoms with Gasteiger partial charge in [-0.2, -0.15) is 9.57 Å². The number of sulfonamides is 1. The molecule has 8 nitrogen and oxygen atoms in total. The molecule has 2 aliphatic heterocycles. The van der Waals surface area contributed by atoms with Crippen molar-refractivity contribution in [3.05, 3.63) is 71.0 Å². The molecule has 10 heteroatoms. The number of hydrogen-bond donors (Lipinski definition) is 0. The Labute approximate surface area is 196 Å². The molecule has 1 atom stereocenters. The Morgan fingerprint density at radius 3 is 2.58 bits per heavy atom. The average Bonchev–Trinajstić information content (AvgIpc) is 3.20. The molecule has 0 spiro atoms.